The summed E-state index contributed by atoms with van der Waals surface area (Å²) in [6, 6.07) is 10.5. The van der Waals surface area contributed by atoms with E-state index < -0.39 is 0 Å². The van der Waals surface area contributed by atoms with E-state index in [1.54, 1.807) is 0 Å². The Morgan fingerprint density at radius 2 is 1.39 bits per heavy atom. The molecule has 0 fully saturated rings. The number of ether oxygens (including phenoxy) is 1. The summed E-state index contributed by atoms with van der Waals surface area (Å²) in [6.45, 7) is 4.46. The Morgan fingerprint density at radius 3 is 2.00 bits per heavy atom. The summed E-state index contributed by atoms with van der Waals surface area (Å²) < 4.78 is 5.93. The van der Waals surface area contributed by atoms with Gasteiger partial charge in [-0.3, -0.25) is 0 Å². The number of hydrogen-bond acceptors (Lipinski definition) is 3. The minimum Gasteiger partial charge on any atom is -0.489 e. The maximum absolute atomic E-state index is 8.76. The number of nitrogens with zero attached hydrogens (tertiary/aromatic N) is 1. The number of benzene rings is 1. The predicted octanol–water partition coefficient (Wildman–Crippen LogP) is 6.85. The molecule has 3 nitrogen and oxygen atoms in total. The fourth-order valence-corrected chi connectivity index (χ4v) is 3.66. The van der Waals surface area contributed by atoms with Gasteiger partial charge in [-0.05, 0) is 45.2 Å². The highest BCUT2D eigenvalue weighted by atomic mass is 16.5. The lowest BCUT2D eigenvalue weighted by atomic mass is 10.0. The van der Waals surface area contributed by atoms with Crippen LogP contribution in [0.1, 0.15) is 90.2 Å². The Morgan fingerprint density at radius 1 is 0.786 bits per heavy atom. The molecule has 0 bridgehead atoms. The lowest BCUT2D eigenvalue weighted by Crippen LogP contribution is -2.06. The Bertz CT molecular complexity index is 669. The third-order valence-corrected chi connectivity index (χ3v) is 5.19. The second-order valence-electron chi connectivity index (χ2n) is 8.16. The van der Waals surface area contributed by atoms with Crippen molar-refractivity contribution >= 4 is 10.9 Å². The molecule has 156 valence electrons. The molecule has 1 N–H and O–H groups in total. The van der Waals surface area contributed by atoms with Crippen molar-refractivity contribution in [3.05, 3.63) is 36.0 Å². The first kappa shape index (κ1) is 22.7. The lowest BCUT2D eigenvalue weighted by Gasteiger charge is -2.12. The van der Waals surface area contributed by atoms with Crippen molar-refractivity contribution in [3.8, 4) is 5.75 Å². The molecule has 0 radical (unpaired) electrons. The molecule has 28 heavy (non-hydrogen) atoms. The van der Waals surface area contributed by atoms with Crippen molar-refractivity contribution < 1.29 is 9.84 Å². The van der Waals surface area contributed by atoms with Crippen LogP contribution in [0.15, 0.2) is 30.3 Å². The van der Waals surface area contributed by atoms with Crippen molar-refractivity contribution in [1.29, 1.82) is 0 Å². The van der Waals surface area contributed by atoms with Gasteiger partial charge in [0.05, 0.1) is 6.10 Å². The average molecular weight is 386 g/mol. The van der Waals surface area contributed by atoms with Gasteiger partial charge in [0.1, 0.15) is 11.3 Å². The number of unbranched alkanes of at least 4 members (excludes halogenated alkanes) is 10. The van der Waals surface area contributed by atoms with Gasteiger partial charge in [-0.1, -0.05) is 76.0 Å². The van der Waals surface area contributed by atoms with Crippen LogP contribution in [0.25, 0.3) is 10.9 Å². The molecule has 3 heteroatoms. The molecule has 0 aliphatic heterocycles. The maximum atomic E-state index is 8.76. The number of aliphatic hydroxyl groups is 1. The number of aromatic nitrogens is 1. The van der Waals surface area contributed by atoms with E-state index in [4.69, 9.17) is 14.8 Å². The monoisotopic (exact) mass is 385 g/mol. The van der Waals surface area contributed by atoms with Crippen LogP contribution in [0.3, 0.4) is 0 Å². The lowest BCUT2D eigenvalue weighted by molar-refractivity contribution is 0.245. The Balaban J connectivity index is 1.62. The van der Waals surface area contributed by atoms with E-state index in [1.165, 1.54) is 69.9 Å². The molecule has 0 aliphatic rings. The van der Waals surface area contributed by atoms with E-state index in [2.05, 4.69) is 32.0 Å². The van der Waals surface area contributed by atoms with Crippen LogP contribution >= 0.6 is 0 Å². The highest BCUT2D eigenvalue weighted by Crippen LogP contribution is 2.25. The second-order valence-corrected chi connectivity index (χ2v) is 8.16. The van der Waals surface area contributed by atoms with Crippen LogP contribution < -0.4 is 4.74 Å². The molecule has 0 spiro atoms. The summed E-state index contributed by atoms with van der Waals surface area (Å²) in [6.07, 6.45) is 15.3. The number of hydrogen-bond donors (Lipinski definition) is 1. The third kappa shape index (κ3) is 8.60. The van der Waals surface area contributed by atoms with Crippen LogP contribution in [0.4, 0.5) is 0 Å². The van der Waals surface area contributed by atoms with Crippen LogP contribution in [-0.2, 0) is 6.42 Å². The molecule has 1 aromatic heterocycles. The van der Waals surface area contributed by atoms with Crippen LogP contribution in [-0.4, -0.2) is 22.8 Å². The van der Waals surface area contributed by atoms with E-state index in [0.29, 0.717) is 6.61 Å². The number of aliphatic hydroxyl groups excluding tert-OH is 1. The van der Waals surface area contributed by atoms with E-state index >= 15 is 0 Å². The molecule has 1 heterocycles. The Labute approximate surface area is 171 Å². The number of pyridine rings is 1. The summed E-state index contributed by atoms with van der Waals surface area (Å²) in [5.41, 5.74) is 2.17. The fraction of sp³-hybridized carbons (Fsp3) is 0.640. The topological polar surface area (TPSA) is 42.4 Å². The van der Waals surface area contributed by atoms with E-state index in [1.807, 2.05) is 12.1 Å². The summed E-state index contributed by atoms with van der Waals surface area (Å²) in [4.78, 5) is 4.88. The highest BCUT2D eigenvalue weighted by Gasteiger charge is 2.06. The molecule has 0 unspecified atom stereocenters. The standard InChI is InChI=1S/C25H39NO2/c1-21(2)28-24-17-14-15-22-18-19-23(26-25(22)24)16-12-10-8-6-4-3-5-7-9-11-13-20-27/h14-15,17-19,21,27H,3-13,16,20H2,1-2H3. The first-order valence-electron chi connectivity index (χ1n) is 11.4. The Hall–Kier alpha value is -1.61. The first-order valence-corrected chi connectivity index (χ1v) is 11.4. The van der Waals surface area contributed by atoms with Gasteiger partial charge in [0.2, 0.25) is 0 Å². The van der Waals surface area contributed by atoms with E-state index in [-0.39, 0.29) is 6.10 Å². The van der Waals surface area contributed by atoms with Crippen LogP contribution in [0.5, 0.6) is 5.75 Å². The van der Waals surface area contributed by atoms with Gasteiger partial charge in [-0.2, -0.15) is 0 Å². The van der Waals surface area contributed by atoms with Crippen molar-refractivity contribution in [1.82, 2.24) is 4.98 Å². The van der Waals surface area contributed by atoms with Gasteiger partial charge >= 0.3 is 0 Å². The predicted molar refractivity (Wildman–Crippen MR) is 119 cm³/mol. The number of rotatable bonds is 15. The van der Waals surface area contributed by atoms with Gasteiger partial charge in [-0.15, -0.1) is 0 Å². The van der Waals surface area contributed by atoms with Crippen molar-refractivity contribution in [2.75, 3.05) is 6.61 Å². The van der Waals surface area contributed by atoms with Crippen LogP contribution in [0, 0.1) is 0 Å². The molecular weight excluding hydrogens is 346 g/mol. The van der Waals surface area contributed by atoms with Gasteiger partial charge < -0.3 is 9.84 Å². The van der Waals surface area contributed by atoms with Gasteiger partial charge in [0.15, 0.2) is 0 Å². The molecular formula is C25H39NO2. The molecule has 0 aliphatic carbocycles. The van der Waals surface area contributed by atoms with E-state index in [0.717, 1.165) is 29.5 Å². The summed E-state index contributed by atoms with van der Waals surface area (Å²) >= 11 is 0. The van der Waals surface area contributed by atoms with Gasteiger partial charge in [0.25, 0.3) is 0 Å². The summed E-state index contributed by atoms with van der Waals surface area (Å²) in [5, 5.41) is 9.91. The second kappa shape index (κ2) is 13.5. The van der Waals surface area contributed by atoms with Gasteiger partial charge in [0, 0.05) is 17.7 Å². The molecule has 0 saturated heterocycles. The molecule has 0 atom stereocenters. The number of fused-ring (bicyclic) bond motifs is 1. The zero-order chi connectivity index (χ0) is 20.0. The maximum Gasteiger partial charge on any atom is 0.145 e. The van der Waals surface area contributed by atoms with Crippen molar-refractivity contribution in [2.24, 2.45) is 0 Å². The summed E-state index contributed by atoms with van der Waals surface area (Å²) in [5.74, 6) is 0.894. The highest BCUT2D eigenvalue weighted by molar-refractivity contribution is 5.84. The fourth-order valence-electron chi connectivity index (χ4n) is 3.66. The molecule has 1 aromatic carbocycles. The number of para-hydroxylation sites is 1. The minimum absolute atomic E-state index is 0.164. The minimum atomic E-state index is 0.164. The third-order valence-electron chi connectivity index (χ3n) is 5.19. The average Bonchev–Trinajstić information content (AvgIpc) is 2.69. The quantitative estimate of drug-likeness (QED) is 0.341. The molecule has 0 saturated carbocycles. The SMILES string of the molecule is CC(C)Oc1cccc2ccc(CCCCCCCCCCCCCO)nc12. The molecule has 2 rings (SSSR count). The normalized spacial score (nSPS) is 11.4. The molecule has 0 amide bonds. The number of aryl methyl sites for hydroxylation is 1. The smallest absolute Gasteiger partial charge is 0.145 e. The van der Waals surface area contributed by atoms with Crippen molar-refractivity contribution in [3.63, 3.8) is 0 Å². The van der Waals surface area contributed by atoms with Crippen LogP contribution in [0.2, 0.25) is 0 Å². The van der Waals surface area contributed by atoms with Crippen molar-refractivity contribution in [2.45, 2.75) is 97.0 Å². The van der Waals surface area contributed by atoms with E-state index in [9.17, 15) is 0 Å². The largest absolute Gasteiger partial charge is 0.489 e. The zero-order valence-electron chi connectivity index (χ0n) is 18.0. The first-order chi connectivity index (χ1) is 13.7. The summed E-state index contributed by atoms with van der Waals surface area (Å²) in [7, 11) is 0. The van der Waals surface area contributed by atoms with Gasteiger partial charge in [-0.25, -0.2) is 4.98 Å². The molecule has 2 aromatic rings. The zero-order valence-corrected chi connectivity index (χ0v) is 18.0. The Kier molecular flexibility index (Phi) is 11.0.